The Morgan fingerprint density at radius 3 is 1.51 bits per heavy atom. The van der Waals surface area contributed by atoms with Gasteiger partial charge in [-0.2, -0.15) is 0 Å². The van der Waals surface area contributed by atoms with Gasteiger partial charge < -0.3 is 29.0 Å². The molecule has 0 saturated carbocycles. The Morgan fingerprint density at radius 1 is 0.708 bits per heavy atom. The first-order valence-electron chi connectivity index (χ1n) is 21.8. The second-order valence-electron chi connectivity index (χ2n) is 18.8. The minimum Gasteiger partial charge on any atom is -0.478 e. The fourth-order valence-corrected chi connectivity index (χ4v) is 10.7. The number of carbonyl (C=O) groups is 2. The molecule has 8 rings (SSSR count). The number of aromatic carboxylic acids is 1. The highest BCUT2D eigenvalue weighted by Gasteiger charge is 2.29. The zero-order valence-electron chi connectivity index (χ0n) is 37.9. The van der Waals surface area contributed by atoms with Gasteiger partial charge in [0.15, 0.2) is 0 Å². The minimum absolute atomic E-state index is 0.0729. The van der Waals surface area contributed by atoms with E-state index in [9.17, 15) is 26.4 Å². The van der Waals surface area contributed by atoms with Crippen LogP contribution in [0.3, 0.4) is 0 Å². The number of carbonyl (C=O) groups excluding carboxylic acids is 1. The third-order valence-electron chi connectivity index (χ3n) is 11.7. The quantitative estimate of drug-likeness (QED) is 0.118. The van der Waals surface area contributed by atoms with Gasteiger partial charge in [0.1, 0.15) is 11.6 Å². The van der Waals surface area contributed by atoms with E-state index >= 15 is 0 Å². The molecule has 0 atom stereocenters. The summed E-state index contributed by atoms with van der Waals surface area (Å²) in [6.45, 7) is 21.2. The number of ether oxygens (including phenoxy) is 2. The third-order valence-corrected chi connectivity index (χ3v) is 15.0. The first-order valence-corrected chi connectivity index (χ1v) is 24.7. The van der Waals surface area contributed by atoms with Gasteiger partial charge in [-0.1, -0.05) is 47.6 Å². The molecule has 0 bridgehead atoms. The number of carboxylic acid groups (broad SMARTS) is 1. The molecule has 0 aliphatic carbocycles. The van der Waals surface area contributed by atoms with E-state index < -0.39 is 26.0 Å². The summed E-state index contributed by atoms with van der Waals surface area (Å²) in [6.07, 6.45) is 10.6. The lowest BCUT2D eigenvalue weighted by Gasteiger charge is -2.26. The second-order valence-corrected chi connectivity index (χ2v) is 22.5. The van der Waals surface area contributed by atoms with Gasteiger partial charge in [0, 0.05) is 81.7 Å². The summed E-state index contributed by atoms with van der Waals surface area (Å²) in [4.78, 5) is 33.2. The smallest absolute Gasteiger partial charge is 0.337 e. The molecule has 1 amide bonds. The van der Waals surface area contributed by atoms with Crippen molar-refractivity contribution in [1.82, 2.24) is 32.4 Å². The molecular weight excluding hydrogens is 871 g/mol. The molecule has 65 heavy (non-hydrogen) atoms. The van der Waals surface area contributed by atoms with Crippen LogP contribution >= 0.6 is 0 Å². The van der Waals surface area contributed by atoms with Gasteiger partial charge in [0.2, 0.25) is 0 Å². The Bertz CT molecular complexity index is 2930. The van der Waals surface area contributed by atoms with Crippen LogP contribution in [0.1, 0.15) is 99.6 Å². The van der Waals surface area contributed by atoms with Gasteiger partial charge in [-0.3, -0.25) is 4.79 Å². The summed E-state index contributed by atoms with van der Waals surface area (Å²) >= 11 is 0. The molecular formula is C47H59N7O9S2. The predicted octanol–water partition coefficient (Wildman–Crippen LogP) is 7.21. The average molecular weight is 930 g/mol. The summed E-state index contributed by atoms with van der Waals surface area (Å²) in [7, 11) is -7.80. The number of benzene rings is 2. The SMILES string of the molecule is C=CCNC(=O)c1ccn(S(=O)(=O)c2ccc3c(c2)nc(C(C)(C)C)n3CC2CCOCC2)c1.CC(C)(C)c1nc2cc(S(=O)(=O)n3ccc(C(=O)O)c3)ccc2n1CC1CCOCC1. The fraction of sp³-hybridized carbons (Fsp3) is 0.447. The highest BCUT2D eigenvalue weighted by Crippen LogP contribution is 2.33. The monoisotopic (exact) mass is 929 g/mol. The van der Waals surface area contributed by atoms with Gasteiger partial charge in [-0.05, 0) is 86.1 Å². The highest BCUT2D eigenvalue weighted by atomic mass is 32.2. The van der Waals surface area contributed by atoms with E-state index in [0.29, 0.717) is 29.4 Å². The van der Waals surface area contributed by atoms with Crippen molar-refractivity contribution in [3.8, 4) is 0 Å². The molecule has 2 saturated heterocycles. The maximum atomic E-state index is 13.3. The number of hydrogen-bond donors (Lipinski definition) is 2. The normalized spacial score (nSPS) is 15.8. The lowest BCUT2D eigenvalue weighted by Crippen LogP contribution is -2.25. The largest absolute Gasteiger partial charge is 0.478 e. The van der Waals surface area contributed by atoms with Crippen LogP contribution in [0.5, 0.6) is 0 Å². The van der Waals surface area contributed by atoms with E-state index in [1.54, 1.807) is 36.4 Å². The van der Waals surface area contributed by atoms with Crippen LogP contribution in [0.15, 0.2) is 95.8 Å². The molecule has 0 spiro atoms. The molecule has 2 fully saturated rings. The van der Waals surface area contributed by atoms with Crippen molar-refractivity contribution < 1.29 is 41.0 Å². The maximum absolute atomic E-state index is 13.3. The zero-order chi connectivity index (χ0) is 46.9. The second kappa shape index (κ2) is 18.7. The number of carboxylic acids is 1. The van der Waals surface area contributed by atoms with Crippen LogP contribution in [0, 0.1) is 11.8 Å². The Labute approximate surface area is 380 Å². The van der Waals surface area contributed by atoms with Crippen LogP contribution in [0.2, 0.25) is 0 Å². The first-order chi connectivity index (χ1) is 30.7. The van der Waals surface area contributed by atoms with Crippen molar-refractivity contribution >= 4 is 54.0 Å². The van der Waals surface area contributed by atoms with Crippen molar-refractivity contribution in [2.45, 2.75) is 101 Å². The van der Waals surface area contributed by atoms with Crippen molar-refractivity contribution in [1.29, 1.82) is 0 Å². The van der Waals surface area contributed by atoms with Crippen molar-refractivity contribution in [3.05, 3.63) is 109 Å². The van der Waals surface area contributed by atoms with Crippen molar-refractivity contribution in [2.24, 2.45) is 11.8 Å². The molecule has 0 unspecified atom stereocenters. The molecule has 2 N–H and O–H groups in total. The van der Waals surface area contributed by atoms with Gasteiger partial charge in [0.25, 0.3) is 26.0 Å². The molecule has 6 aromatic rings. The molecule has 348 valence electrons. The zero-order valence-corrected chi connectivity index (χ0v) is 39.5. The average Bonchev–Trinajstić information content (AvgIpc) is 4.09. The van der Waals surface area contributed by atoms with Crippen LogP contribution in [-0.2, 0) is 53.4 Å². The summed E-state index contributed by atoms with van der Waals surface area (Å²) in [6, 6.07) is 12.7. The Morgan fingerprint density at radius 2 is 1.12 bits per heavy atom. The summed E-state index contributed by atoms with van der Waals surface area (Å²) in [5.74, 6) is 1.31. The van der Waals surface area contributed by atoms with Crippen LogP contribution in [0.25, 0.3) is 22.1 Å². The van der Waals surface area contributed by atoms with Crippen molar-refractivity contribution in [3.63, 3.8) is 0 Å². The van der Waals surface area contributed by atoms with E-state index in [1.807, 2.05) is 6.07 Å². The molecule has 4 aromatic heterocycles. The van der Waals surface area contributed by atoms with E-state index in [4.69, 9.17) is 24.5 Å². The number of fused-ring (bicyclic) bond motifs is 2. The predicted molar refractivity (Wildman–Crippen MR) is 247 cm³/mol. The minimum atomic E-state index is -3.92. The van der Waals surface area contributed by atoms with E-state index in [-0.39, 0.29) is 37.7 Å². The summed E-state index contributed by atoms with van der Waals surface area (Å²) in [5.41, 5.74) is 2.86. The van der Waals surface area contributed by atoms with E-state index in [0.717, 1.165) is 102 Å². The number of imidazole rings is 2. The van der Waals surface area contributed by atoms with Crippen LogP contribution in [-0.4, -0.2) is 93.8 Å². The molecule has 2 aromatic carbocycles. The van der Waals surface area contributed by atoms with E-state index in [1.165, 1.54) is 30.7 Å². The number of hydrogen-bond acceptors (Lipinski definition) is 10. The fourth-order valence-electron chi connectivity index (χ4n) is 8.25. The Kier molecular flexibility index (Phi) is 13.7. The molecule has 6 heterocycles. The number of nitrogens with zero attached hydrogens (tertiary/aromatic N) is 6. The molecule has 0 radical (unpaired) electrons. The lowest BCUT2D eigenvalue weighted by atomic mass is 9.94. The maximum Gasteiger partial charge on any atom is 0.337 e. The molecule has 16 nitrogen and oxygen atoms in total. The molecule has 18 heteroatoms. The molecule has 2 aliphatic rings. The van der Waals surface area contributed by atoms with Gasteiger partial charge in [-0.25, -0.2) is 39.5 Å². The van der Waals surface area contributed by atoms with Crippen LogP contribution < -0.4 is 5.32 Å². The summed E-state index contributed by atoms with van der Waals surface area (Å²) < 4.78 is 70.1. The van der Waals surface area contributed by atoms with Gasteiger partial charge >= 0.3 is 5.97 Å². The topological polar surface area (TPSA) is 199 Å². The lowest BCUT2D eigenvalue weighted by molar-refractivity contribution is 0.0610. The summed E-state index contributed by atoms with van der Waals surface area (Å²) in [5, 5.41) is 11.7. The highest BCUT2D eigenvalue weighted by molar-refractivity contribution is 7.90. The van der Waals surface area contributed by atoms with E-state index in [2.05, 4.69) is 62.6 Å². The Balaban J connectivity index is 0.000000195. The number of nitrogens with one attached hydrogen (secondary N) is 1. The standard InChI is InChI=1S/C25H32N4O4S.C22H27N3O5S/c1-5-11-26-23(30)19-8-12-28(17-19)34(31,32)20-6-7-22-21(15-20)27-24(25(2,3)4)29(22)16-18-9-13-33-14-10-18;1-22(2,3)21-23-18-12-17(31(28,29)24-9-6-16(14-24)20(26)27)4-5-19(18)25(21)13-15-7-10-30-11-8-15/h5-8,12,15,17-18H,1,9-11,13-14,16H2,2-4H3,(H,26,30);4-6,9,12,14-15H,7-8,10-11,13H2,1-3H3,(H,26,27). The first kappa shape index (κ1) is 47.4. The van der Waals surface area contributed by atoms with Crippen LogP contribution in [0.4, 0.5) is 0 Å². The number of rotatable bonds is 12. The van der Waals surface area contributed by atoms with Gasteiger partial charge in [-0.15, -0.1) is 6.58 Å². The number of amides is 1. The van der Waals surface area contributed by atoms with Crippen molar-refractivity contribution in [2.75, 3.05) is 33.0 Å². The molecule has 2 aliphatic heterocycles. The Hall–Kier alpha value is -5.56. The third kappa shape index (κ3) is 10.3. The number of aromatic nitrogens is 6. The van der Waals surface area contributed by atoms with Gasteiger partial charge in [0.05, 0.1) is 43.0 Å².